The molecule has 9 heteroatoms. The highest BCUT2D eigenvalue weighted by Gasteiger charge is 2.38. The van der Waals surface area contributed by atoms with Gasteiger partial charge in [0, 0.05) is 30.7 Å². The maximum absolute atomic E-state index is 12.5. The second-order valence-electron chi connectivity index (χ2n) is 5.86. The number of thiocarbonyl (C=S) groups is 1. The third kappa shape index (κ3) is 3.77. The number of nitrogens with one attached hydrogen (secondary N) is 1. The third-order valence-corrected chi connectivity index (χ3v) is 4.42. The number of non-ortho nitro benzene ring substituents is 1. The number of carbonyl (C=O) groups is 2. The van der Waals surface area contributed by atoms with E-state index in [9.17, 15) is 19.7 Å². The van der Waals surface area contributed by atoms with Crippen LogP contribution in [0.4, 0.5) is 5.69 Å². The second-order valence-corrected chi connectivity index (χ2v) is 6.25. The Morgan fingerprint density at radius 1 is 1.26 bits per heavy atom. The van der Waals surface area contributed by atoms with Crippen LogP contribution in [0.3, 0.4) is 0 Å². The molecule has 1 aliphatic heterocycles. The Morgan fingerprint density at radius 3 is 2.59 bits per heavy atom. The number of hydrogen-bond donors (Lipinski definition) is 1. The van der Waals surface area contributed by atoms with E-state index in [-0.39, 0.29) is 23.8 Å². The summed E-state index contributed by atoms with van der Waals surface area (Å²) in [6.45, 7) is 3.79. The van der Waals surface area contributed by atoms with Gasteiger partial charge >= 0.3 is 0 Å². The first-order valence-corrected chi connectivity index (χ1v) is 8.42. The molecule has 1 saturated heterocycles. The van der Waals surface area contributed by atoms with E-state index in [2.05, 4.69) is 11.9 Å². The highest BCUT2D eigenvalue weighted by Crippen LogP contribution is 2.26. The third-order valence-electron chi connectivity index (χ3n) is 4.10. The van der Waals surface area contributed by atoms with Crippen molar-refractivity contribution in [3.63, 3.8) is 0 Å². The molecule has 2 amide bonds. The summed E-state index contributed by atoms with van der Waals surface area (Å²) < 4.78 is 5.72. The molecule has 1 fully saturated rings. The molecule has 0 saturated carbocycles. The zero-order chi connectivity index (χ0) is 19.6. The van der Waals surface area contributed by atoms with Crippen LogP contribution in [0.2, 0.25) is 0 Å². The number of benzene rings is 1. The quantitative estimate of drug-likeness (QED) is 0.269. The van der Waals surface area contributed by atoms with Gasteiger partial charge in [0.25, 0.3) is 5.69 Å². The van der Waals surface area contributed by atoms with Crippen molar-refractivity contribution >= 4 is 34.8 Å². The molecule has 1 unspecified atom stereocenters. The van der Waals surface area contributed by atoms with Crippen LogP contribution in [0.25, 0.3) is 11.3 Å². The Hall–Kier alpha value is -3.33. The zero-order valence-electron chi connectivity index (χ0n) is 14.1. The normalized spacial score (nSPS) is 17.0. The Balaban J connectivity index is 1.77. The summed E-state index contributed by atoms with van der Waals surface area (Å²) in [6.07, 6.45) is 1.60. The lowest BCUT2D eigenvalue weighted by Crippen LogP contribution is -2.58. The van der Waals surface area contributed by atoms with E-state index in [4.69, 9.17) is 16.6 Å². The second kappa shape index (κ2) is 7.50. The maximum atomic E-state index is 12.5. The smallest absolute Gasteiger partial charge is 0.269 e. The lowest BCUT2D eigenvalue weighted by Gasteiger charge is -2.31. The number of carbonyl (C=O) groups excluding carboxylic acids is 2. The molecular weight excluding hydrogens is 370 g/mol. The van der Waals surface area contributed by atoms with Crippen LogP contribution in [0.15, 0.2) is 53.5 Å². The minimum atomic E-state index is -0.951. The van der Waals surface area contributed by atoms with Crippen LogP contribution in [0, 0.1) is 16.0 Å². The van der Waals surface area contributed by atoms with E-state index in [0.29, 0.717) is 17.1 Å². The molecule has 1 N–H and O–H groups in total. The average Bonchev–Trinajstić information content (AvgIpc) is 3.11. The lowest BCUT2D eigenvalue weighted by molar-refractivity contribution is -0.384. The van der Waals surface area contributed by atoms with E-state index < -0.39 is 22.7 Å². The summed E-state index contributed by atoms with van der Waals surface area (Å²) in [4.78, 5) is 36.2. The van der Waals surface area contributed by atoms with E-state index >= 15 is 0 Å². The fourth-order valence-electron chi connectivity index (χ4n) is 2.73. The van der Waals surface area contributed by atoms with Gasteiger partial charge in [-0.2, -0.15) is 0 Å². The number of nitro benzene ring substituents is 1. The molecule has 0 bridgehead atoms. The highest BCUT2D eigenvalue weighted by atomic mass is 32.1. The minimum Gasteiger partial charge on any atom is -0.461 e. The number of amides is 2. The summed E-state index contributed by atoms with van der Waals surface area (Å²) >= 11 is 5.02. The summed E-state index contributed by atoms with van der Waals surface area (Å²) in [5.41, 5.74) is 0.633. The summed E-state index contributed by atoms with van der Waals surface area (Å²) in [5.74, 6) is -0.895. The van der Waals surface area contributed by atoms with Crippen molar-refractivity contribution in [2.24, 2.45) is 5.92 Å². The molecule has 3 rings (SSSR count). The number of nitrogens with zero attached hydrogens (tertiary/aromatic N) is 2. The first kappa shape index (κ1) is 18.5. The maximum Gasteiger partial charge on any atom is 0.269 e. The van der Waals surface area contributed by atoms with E-state index in [1.165, 1.54) is 23.1 Å². The Labute approximate surface area is 159 Å². The van der Waals surface area contributed by atoms with Crippen molar-refractivity contribution < 1.29 is 18.9 Å². The van der Waals surface area contributed by atoms with Crippen molar-refractivity contribution in [1.29, 1.82) is 0 Å². The van der Waals surface area contributed by atoms with Crippen molar-refractivity contribution in [2.75, 3.05) is 6.54 Å². The molecule has 0 aliphatic carbocycles. The van der Waals surface area contributed by atoms with Crippen molar-refractivity contribution in [3.05, 3.63) is 64.9 Å². The van der Waals surface area contributed by atoms with Gasteiger partial charge in [-0.1, -0.05) is 6.08 Å². The van der Waals surface area contributed by atoms with Crippen molar-refractivity contribution in [1.82, 2.24) is 10.2 Å². The molecule has 1 aromatic heterocycles. The van der Waals surface area contributed by atoms with Gasteiger partial charge in [0.1, 0.15) is 17.4 Å². The molecule has 138 valence electrons. The van der Waals surface area contributed by atoms with E-state index in [1.807, 2.05) is 0 Å². The molecule has 2 aromatic rings. The SMILES string of the molecule is C=CCN1C(=O)C(Cc2ccc(-c3ccc([N+](=O)[O-])cc3)o2)C(=O)NC1=S. The molecule has 27 heavy (non-hydrogen) atoms. The first-order chi connectivity index (χ1) is 12.9. The fraction of sp³-hybridized carbons (Fsp3) is 0.167. The molecule has 0 radical (unpaired) electrons. The van der Waals surface area contributed by atoms with Gasteiger partial charge in [-0.15, -0.1) is 6.58 Å². The monoisotopic (exact) mass is 385 g/mol. The summed E-state index contributed by atoms with van der Waals surface area (Å²) in [6, 6.07) is 9.26. The predicted octanol–water partition coefficient (Wildman–Crippen LogP) is 2.44. The van der Waals surface area contributed by atoms with Crippen LogP contribution in [0.5, 0.6) is 0 Å². The Bertz CT molecular complexity index is 935. The van der Waals surface area contributed by atoms with Gasteiger partial charge in [0.15, 0.2) is 5.11 Å². The minimum absolute atomic E-state index is 0.0201. The van der Waals surface area contributed by atoms with Gasteiger partial charge in [-0.05, 0) is 36.5 Å². The van der Waals surface area contributed by atoms with Crippen molar-refractivity contribution in [2.45, 2.75) is 6.42 Å². The number of nitro groups is 1. The summed E-state index contributed by atoms with van der Waals surface area (Å²) in [7, 11) is 0. The van der Waals surface area contributed by atoms with Crippen LogP contribution in [-0.4, -0.2) is 33.3 Å². The molecule has 1 aliphatic rings. The zero-order valence-corrected chi connectivity index (χ0v) is 14.9. The van der Waals surface area contributed by atoms with Crippen LogP contribution >= 0.6 is 12.2 Å². The molecule has 2 heterocycles. The average molecular weight is 385 g/mol. The van der Waals surface area contributed by atoms with Gasteiger partial charge < -0.3 is 9.73 Å². The van der Waals surface area contributed by atoms with Crippen molar-refractivity contribution in [3.8, 4) is 11.3 Å². The first-order valence-electron chi connectivity index (χ1n) is 8.01. The molecule has 1 atom stereocenters. The van der Waals surface area contributed by atoms with Crippen LogP contribution in [0.1, 0.15) is 5.76 Å². The number of furan rings is 1. The predicted molar refractivity (Wildman–Crippen MR) is 101 cm³/mol. The summed E-state index contributed by atoms with van der Waals surface area (Å²) in [5, 5.41) is 13.3. The Morgan fingerprint density at radius 2 is 1.96 bits per heavy atom. The molecular formula is C18H15N3O5S. The van der Waals surface area contributed by atoms with Crippen LogP contribution < -0.4 is 5.32 Å². The molecule has 0 spiro atoms. The number of hydrogen-bond acceptors (Lipinski definition) is 6. The highest BCUT2D eigenvalue weighted by molar-refractivity contribution is 7.80. The fourth-order valence-corrected chi connectivity index (χ4v) is 3.00. The molecule has 8 nitrogen and oxygen atoms in total. The van der Waals surface area contributed by atoms with E-state index in [0.717, 1.165) is 0 Å². The standard InChI is InChI=1S/C18H15N3O5S/c1-2-9-20-17(23)14(16(22)19-18(20)27)10-13-7-8-15(26-13)11-3-5-12(6-4-11)21(24)25/h2-8,14H,1,9-10H2,(H,19,22,27). The van der Waals surface area contributed by atoms with Gasteiger partial charge in [-0.25, -0.2) is 0 Å². The van der Waals surface area contributed by atoms with Crippen LogP contribution in [-0.2, 0) is 16.0 Å². The largest absolute Gasteiger partial charge is 0.461 e. The number of rotatable bonds is 6. The van der Waals surface area contributed by atoms with Gasteiger partial charge in [-0.3, -0.25) is 24.6 Å². The molecule has 1 aromatic carbocycles. The Kier molecular flexibility index (Phi) is 5.13. The van der Waals surface area contributed by atoms with Gasteiger partial charge in [0.05, 0.1) is 4.92 Å². The van der Waals surface area contributed by atoms with Gasteiger partial charge in [0.2, 0.25) is 11.8 Å². The lowest BCUT2D eigenvalue weighted by atomic mass is 9.99. The topological polar surface area (TPSA) is 106 Å². The van der Waals surface area contributed by atoms with E-state index in [1.54, 1.807) is 24.3 Å².